The van der Waals surface area contributed by atoms with Crippen LogP contribution in [0.3, 0.4) is 0 Å². The zero-order chi connectivity index (χ0) is 21.9. The molecule has 4 N–H and O–H groups in total. The van der Waals surface area contributed by atoms with Crippen LogP contribution in [0, 0.1) is 0 Å². The number of carbonyl (C=O) groups excluding carboxylic acids is 1. The Morgan fingerprint density at radius 2 is 1.97 bits per heavy atom. The van der Waals surface area contributed by atoms with Gasteiger partial charge in [-0.1, -0.05) is 18.2 Å². The average molecular weight is 554 g/mol. The van der Waals surface area contributed by atoms with Crippen LogP contribution < -0.4 is 21.3 Å². The summed E-state index contributed by atoms with van der Waals surface area (Å²) in [6.45, 7) is 3.75. The third-order valence-electron chi connectivity index (χ3n) is 5.51. The molecule has 1 aromatic heterocycles. The average Bonchev–Trinajstić information content (AvgIpc) is 3.31. The number of nitrogens with one attached hydrogen (secondary N) is 2. The molecule has 0 unspecified atom stereocenters. The largest absolute Gasteiger partial charge is 0.469 e. The molecule has 2 heterocycles. The minimum Gasteiger partial charge on any atom is -0.469 e. The van der Waals surface area contributed by atoms with Gasteiger partial charge in [-0.05, 0) is 43.5 Å². The number of hydrogen-bond acceptors (Lipinski definition) is 4. The molecule has 176 valence electrons. The van der Waals surface area contributed by atoms with Crippen LogP contribution in [0.1, 0.15) is 25.0 Å². The summed E-state index contributed by atoms with van der Waals surface area (Å²) in [5.41, 5.74) is 6.60. The number of urea groups is 1. The van der Waals surface area contributed by atoms with E-state index in [2.05, 4.69) is 46.8 Å². The second kappa shape index (κ2) is 13.9. The van der Waals surface area contributed by atoms with Gasteiger partial charge in [-0.15, -0.1) is 24.0 Å². The first-order valence-corrected chi connectivity index (χ1v) is 11.0. The fraction of sp³-hybridized carbons (Fsp3) is 0.478. The Hall–Kier alpha value is -2.43. The highest BCUT2D eigenvalue weighted by molar-refractivity contribution is 14.0. The van der Waals surface area contributed by atoms with E-state index in [0.29, 0.717) is 13.1 Å². The van der Waals surface area contributed by atoms with E-state index < -0.39 is 0 Å². The fourth-order valence-corrected chi connectivity index (χ4v) is 3.66. The molecule has 2 aromatic rings. The lowest BCUT2D eigenvalue weighted by molar-refractivity contribution is 0.188. The monoisotopic (exact) mass is 554 g/mol. The second-order valence-electron chi connectivity index (χ2n) is 7.84. The van der Waals surface area contributed by atoms with Gasteiger partial charge < -0.3 is 30.6 Å². The number of hydrogen-bond donors (Lipinski definition) is 3. The number of halogens is 1. The summed E-state index contributed by atoms with van der Waals surface area (Å²) in [5.74, 6) is 1.76. The fourth-order valence-electron chi connectivity index (χ4n) is 3.66. The Morgan fingerprint density at radius 1 is 1.22 bits per heavy atom. The lowest BCUT2D eigenvalue weighted by Crippen LogP contribution is -2.51. The Balaban J connectivity index is 0.00000363. The van der Waals surface area contributed by atoms with Crippen molar-refractivity contribution >= 4 is 41.7 Å². The van der Waals surface area contributed by atoms with E-state index in [4.69, 9.17) is 15.1 Å². The maximum Gasteiger partial charge on any atom is 0.314 e. The van der Waals surface area contributed by atoms with Crippen molar-refractivity contribution in [1.82, 2.24) is 15.5 Å². The van der Waals surface area contributed by atoms with Gasteiger partial charge in [-0.25, -0.2) is 4.79 Å². The molecule has 3 rings (SSSR count). The number of likely N-dealkylation sites (tertiary alicyclic amines) is 1. The van der Waals surface area contributed by atoms with E-state index in [9.17, 15) is 4.79 Å². The van der Waals surface area contributed by atoms with Gasteiger partial charge in [0.05, 0.1) is 6.26 Å². The molecule has 2 amide bonds. The summed E-state index contributed by atoms with van der Waals surface area (Å²) in [7, 11) is 2.10. The molecule has 32 heavy (non-hydrogen) atoms. The number of piperidine rings is 1. The van der Waals surface area contributed by atoms with Crippen molar-refractivity contribution in [2.24, 2.45) is 10.7 Å². The molecule has 1 saturated heterocycles. The van der Waals surface area contributed by atoms with Gasteiger partial charge in [0.25, 0.3) is 0 Å². The van der Waals surface area contributed by atoms with Crippen LogP contribution in [-0.4, -0.2) is 62.7 Å². The SMILES string of the molecule is CN(CCCN=C(NCCc1ccco1)NC1CCN(C(N)=O)CC1)c1ccccc1.I. The maximum atomic E-state index is 11.3. The lowest BCUT2D eigenvalue weighted by Gasteiger charge is -2.32. The molecule has 9 heteroatoms. The van der Waals surface area contributed by atoms with E-state index >= 15 is 0 Å². The molecular formula is C23H35IN6O2. The minimum atomic E-state index is -0.341. The molecule has 1 aliphatic heterocycles. The number of carbonyl (C=O) groups is 1. The van der Waals surface area contributed by atoms with Gasteiger partial charge in [0.15, 0.2) is 5.96 Å². The first-order chi connectivity index (χ1) is 15.1. The Bertz CT molecular complexity index is 807. The van der Waals surface area contributed by atoms with Gasteiger partial charge in [0, 0.05) is 57.9 Å². The Kier molecular flexibility index (Phi) is 11.2. The van der Waals surface area contributed by atoms with Crippen LogP contribution in [0.5, 0.6) is 0 Å². The third kappa shape index (κ3) is 8.60. The summed E-state index contributed by atoms with van der Waals surface area (Å²) in [6.07, 6.45) is 5.16. The quantitative estimate of drug-likeness (QED) is 0.192. The zero-order valence-electron chi connectivity index (χ0n) is 18.7. The summed E-state index contributed by atoms with van der Waals surface area (Å²) >= 11 is 0. The number of rotatable bonds is 9. The van der Waals surface area contributed by atoms with Gasteiger partial charge in [0.1, 0.15) is 5.76 Å². The Labute approximate surface area is 207 Å². The topological polar surface area (TPSA) is 99.1 Å². The number of nitrogens with two attached hydrogens (primary N) is 1. The molecule has 0 spiro atoms. The van der Waals surface area contributed by atoms with Crippen LogP contribution >= 0.6 is 24.0 Å². The molecule has 1 aromatic carbocycles. The van der Waals surface area contributed by atoms with E-state index in [1.54, 1.807) is 11.2 Å². The summed E-state index contributed by atoms with van der Waals surface area (Å²) in [4.78, 5) is 20.1. The van der Waals surface area contributed by atoms with E-state index in [1.165, 1.54) is 5.69 Å². The first kappa shape index (κ1) is 25.8. The number of benzene rings is 1. The van der Waals surface area contributed by atoms with Gasteiger partial charge in [0.2, 0.25) is 0 Å². The van der Waals surface area contributed by atoms with Crippen molar-refractivity contribution in [3.05, 3.63) is 54.5 Å². The van der Waals surface area contributed by atoms with E-state index in [-0.39, 0.29) is 36.0 Å². The summed E-state index contributed by atoms with van der Waals surface area (Å²) in [5, 5.41) is 6.95. The predicted octanol–water partition coefficient (Wildman–Crippen LogP) is 3.04. The third-order valence-corrected chi connectivity index (χ3v) is 5.51. The van der Waals surface area contributed by atoms with Crippen molar-refractivity contribution in [1.29, 1.82) is 0 Å². The van der Waals surface area contributed by atoms with Crippen LogP contribution in [0.2, 0.25) is 0 Å². The van der Waals surface area contributed by atoms with Crippen molar-refractivity contribution in [2.45, 2.75) is 31.7 Å². The van der Waals surface area contributed by atoms with E-state index in [0.717, 1.165) is 57.0 Å². The first-order valence-electron chi connectivity index (χ1n) is 11.0. The molecule has 1 fully saturated rings. The summed E-state index contributed by atoms with van der Waals surface area (Å²) < 4.78 is 5.41. The number of nitrogens with zero attached hydrogens (tertiary/aromatic N) is 3. The van der Waals surface area contributed by atoms with Crippen LogP contribution in [0.15, 0.2) is 58.1 Å². The van der Waals surface area contributed by atoms with Gasteiger partial charge >= 0.3 is 6.03 Å². The Morgan fingerprint density at radius 3 is 2.62 bits per heavy atom. The highest BCUT2D eigenvalue weighted by Crippen LogP contribution is 2.11. The van der Waals surface area contributed by atoms with Crippen LogP contribution in [0.25, 0.3) is 0 Å². The highest BCUT2D eigenvalue weighted by atomic mass is 127. The highest BCUT2D eigenvalue weighted by Gasteiger charge is 2.21. The minimum absolute atomic E-state index is 0. The number of para-hydroxylation sites is 1. The molecular weight excluding hydrogens is 519 g/mol. The molecule has 0 bridgehead atoms. The normalized spacial score (nSPS) is 14.5. The smallest absolute Gasteiger partial charge is 0.314 e. The van der Waals surface area contributed by atoms with Gasteiger partial charge in [-0.2, -0.15) is 0 Å². The summed E-state index contributed by atoms with van der Waals surface area (Å²) in [6, 6.07) is 14.2. The predicted molar refractivity (Wildman–Crippen MR) is 140 cm³/mol. The molecule has 0 radical (unpaired) electrons. The number of furan rings is 1. The zero-order valence-corrected chi connectivity index (χ0v) is 21.0. The number of guanidine groups is 1. The van der Waals surface area contributed by atoms with E-state index in [1.807, 2.05) is 18.2 Å². The molecule has 0 aliphatic carbocycles. The van der Waals surface area contributed by atoms with Crippen molar-refractivity contribution in [3.63, 3.8) is 0 Å². The number of primary amides is 1. The number of aliphatic imine (C=N–C) groups is 1. The number of amides is 2. The van der Waals surface area contributed by atoms with Crippen molar-refractivity contribution in [3.8, 4) is 0 Å². The lowest BCUT2D eigenvalue weighted by atomic mass is 10.1. The van der Waals surface area contributed by atoms with Crippen LogP contribution in [0.4, 0.5) is 10.5 Å². The van der Waals surface area contributed by atoms with Crippen molar-refractivity contribution in [2.75, 3.05) is 44.7 Å². The molecule has 8 nitrogen and oxygen atoms in total. The molecule has 1 aliphatic rings. The number of anilines is 1. The van der Waals surface area contributed by atoms with Crippen molar-refractivity contribution < 1.29 is 9.21 Å². The second-order valence-corrected chi connectivity index (χ2v) is 7.84. The molecule has 0 saturated carbocycles. The standard InChI is InChI=1S/C23H34N6O2.HI/c1-28(20-7-3-2-4-8-20)15-6-13-25-23(26-14-10-21-9-5-18-31-21)27-19-11-16-29(17-12-19)22(24)30;/h2-5,7-9,18-19H,6,10-17H2,1H3,(H2,24,30)(H2,25,26,27);1H. The maximum absolute atomic E-state index is 11.3. The van der Waals surface area contributed by atoms with Gasteiger partial charge in [-0.3, -0.25) is 4.99 Å². The molecule has 0 atom stereocenters. The van der Waals surface area contributed by atoms with Crippen LogP contribution in [-0.2, 0) is 6.42 Å².